The Morgan fingerprint density at radius 1 is 1.50 bits per heavy atom. The van der Waals surface area contributed by atoms with Crippen molar-refractivity contribution in [3.05, 3.63) is 23.8 Å². The summed E-state index contributed by atoms with van der Waals surface area (Å²) in [6.07, 6.45) is 3.15. The Kier molecular flexibility index (Phi) is 2.22. The second kappa shape index (κ2) is 2.89. The van der Waals surface area contributed by atoms with Gasteiger partial charge in [-0.3, -0.25) is 4.79 Å². The quantitative estimate of drug-likeness (QED) is 0.581. The van der Waals surface area contributed by atoms with Crippen LogP contribution in [0.15, 0.2) is 17.2 Å². The van der Waals surface area contributed by atoms with Crippen LogP contribution in [0.5, 0.6) is 0 Å². The van der Waals surface area contributed by atoms with Crippen molar-refractivity contribution in [1.29, 1.82) is 0 Å². The van der Waals surface area contributed by atoms with Crippen molar-refractivity contribution in [3.8, 4) is 0 Å². The molecular weight excluding hydrogens is 148 g/mol. The van der Waals surface area contributed by atoms with Crippen molar-refractivity contribution in [1.82, 2.24) is 0 Å². The molecule has 0 bridgehead atoms. The van der Waals surface area contributed by atoms with Gasteiger partial charge in [-0.15, -0.1) is 0 Å². The molecule has 0 atom stereocenters. The maximum Gasteiger partial charge on any atom is 0.158 e. The molecular formula is C11H15O. The first-order valence-corrected chi connectivity index (χ1v) is 4.28. The normalized spacial score (nSPS) is 22.8. The molecule has 0 saturated heterocycles. The highest BCUT2D eigenvalue weighted by Crippen LogP contribution is 2.38. The summed E-state index contributed by atoms with van der Waals surface area (Å²) in [5, 5.41) is 0. The van der Waals surface area contributed by atoms with Gasteiger partial charge < -0.3 is 0 Å². The highest BCUT2D eigenvalue weighted by Gasteiger charge is 2.30. The molecule has 12 heavy (non-hydrogen) atoms. The van der Waals surface area contributed by atoms with Gasteiger partial charge in [0.2, 0.25) is 0 Å². The van der Waals surface area contributed by atoms with Gasteiger partial charge >= 0.3 is 0 Å². The maximum absolute atomic E-state index is 11.3. The molecule has 0 spiro atoms. The molecule has 0 aliphatic heterocycles. The van der Waals surface area contributed by atoms with Crippen LogP contribution in [0, 0.1) is 12.0 Å². The molecule has 1 radical (unpaired) electrons. The summed E-state index contributed by atoms with van der Waals surface area (Å²) in [6, 6.07) is 0. The number of hydrogen-bond acceptors (Lipinski definition) is 1. The molecule has 0 heterocycles. The molecule has 0 amide bonds. The van der Waals surface area contributed by atoms with Gasteiger partial charge in [-0.1, -0.05) is 26.5 Å². The van der Waals surface area contributed by atoms with Crippen LogP contribution in [0.4, 0.5) is 0 Å². The molecule has 0 unspecified atom stereocenters. The fourth-order valence-electron chi connectivity index (χ4n) is 1.76. The van der Waals surface area contributed by atoms with Gasteiger partial charge in [-0.25, -0.2) is 0 Å². The van der Waals surface area contributed by atoms with Crippen LogP contribution in [-0.4, -0.2) is 5.78 Å². The third-order valence-corrected chi connectivity index (χ3v) is 2.70. The van der Waals surface area contributed by atoms with Gasteiger partial charge in [0.15, 0.2) is 5.78 Å². The lowest BCUT2D eigenvalue weighted by molar-refractivity contribution is -0.116. The average molecular weight is 163 g/mol. The Morgan fingerprint density at radius 3 is 2.50 bits per heavy atom. The van der Waals surface area contributed by atoms with E-state index < -0.39 is 0 Å². The van der Waals surface area contributed by atoms with Gasteiger partial charge in [-0.05, 0) is 29.9 Å². The van der Waals surface area contributed by atoms with Crippen molar-refractivity contribution < 1.29 is 4.79 Å². The van der Waals surface area contributed by atoms with Gasteiger partial charge in [-0.2, -0.15) is 0 Å². The summed E-state index contributed by atoms with van der Waals surface area (Å²) >= 11 is 0. The monoisotopic (exact) mass is 163 g/mol. The van der Waals surface area contributed by atoms with E-state index >= 15 is 0 Å². The van der Waals surface area contributed by atoms with Crippen molar-refractivity contribution >= 4 is 5.78 Å². The molecule has 1 aliphatic rings. The molecule has 1 aliphatic carbocycles. The van der Waals surface area contributed by atoms with E-state index in [-0.39, 0.29) is 11.2 Å². The van der Waals surface area contributed by atoms with E-state index in [0.717, 1.165) is 17.6 Å². The molecule has 0 saturated carbocycles. The molecule has 1 nitrogen and oxygen atoms in total. The molecule has 0 aromatic heterocycles. The Balaban J connectivity index is 3.18. The Bertz CT molecular complexity index is 256. The zero-order valence-corrected chi connectivity index (χ0v) is 7.98. The van der Waals surface area contributed by atoms with E-state index in [1.165, 1.54) is 0 Å². The minimum atomic E-state index is 0.0761. The van der Waals surface area contributed by atoms with Gasteiger partial charge in [0.25, 0.3) is 0 Å². The first-order valence-electron chi connectivity index (χ1n) is 4.28. The summed E-state index contributed by atoms with van der Waals surface area (Å²) in [4.78, 5) is 11.3. The van der Waals surface area contributed by atoms with Crippen LogP contribution < -0.4 is 0 Å². The topological polar surface area (TPSA) is 17.1 Å². The van der Waals surface area contributed by atoms with Crippen molar-refractivity contribution in [3.63, 3.8) is 0 Å². The number of carbonyl (C=O) groups excluding carboxylic acids is 1. The van der Waals surface area contributed by atoms with E-state index in [1.807, 2.05) is 6.92 Å². The van der Waals surface area contributed by atoms with E-state index in [2.05, 4.69) is 13.8 Å². The zero-order valence-electron chi connectivity index (χ0n) is 7.98. The van der Waals surface area contributed by atoms with Crippen LogP contribution in [0.25, 0.3) is 0 Å². The smallest absolute Gasteiger partial charge is 0.158 e. The predicted octanol–water partition coefficient (Wildman–Crippen LogP) is 2.68. The lowest BCUT2D eigenvalue weighted by atomic mass is 9.72. The van der Waals surface area contributed by atoms with Crippen LogP contribution in [-0.2, 0) is 4.79 Å². The fourth-order valence-corrected chi connectivity index (χ4v) is 1.76. The highest BCUT2D eigenvalue weighted by atomic mass is 16.1. The van der Waals surface area contributed by atoms with Crippen LogP contribution in [0.1, 0.15) is 33.6 Å². The summed E-state index contributed by atoms with van der Waals surface area (Å²) in [6.45, 7) is 11.6. The Morgan fingerprint density at radius 2 is 2.08 bits per heavy atom. The molecule has 0 fully saturated rings. The minimum absolute atomic E-state index is 0.0761. The van der Waals surface area contributed by atoms with Crippen LogP contribution in [0.3, 0.4) is 0 Å². The highest BCUT2D eigenvalue weighted by molar-refractivity contribution is 5.97. The number of carbonyl (C=O) groups is 1. The standard InChI is InChI=1S/C11H15O/c1-5-9-8(2)10(12)6-7-11(9,3)4/h1,5H,6-7H2,2-4H3. The van der Waals surface area contributed by atoms with E-state index in [4.69, 9.17) is 6.58 Å². The number of allylic oxidation sites excluding steroid dienone is 3. The molecule has 0 aromatic rings. The number of ketones is 1. The Hall–Kier alpha value is -0.850. The fraction of sp³-hybridized carbons (Fsp3) is 0.545. The second-order valence-corrected chi connectivity index (χ2v) is 4.01. The lowest BCUT2D eigenvalue weighted by Gasteiger charge is -2.31. The summed E-state index contributed by atoms with van der Waals surface area (Å²) in [7, 11) is 0. The van der Waals surface area contributed by atoms with E-state index in [1.54, 1.807) is 6.08 Å². The van der Waals surface area contributed by atoms with Crippen LogP contribution >= 0.6 is 0 Å². The summed E-state index contributed by atoms with van der Waals surface area (Å²) < 4.78 is 0. The van der Waals surface area contributed by atoms with E-state index in [0.29, 0.717) is 6.42 Å². The average Bonchev–Trinajstić information content (AvgIpc) is 1.99. The first-order chi connectivity index (χ1) is 5.49. The minimum Gasteiger partial charge on any atom is -0.295 e. The SMILES string of the molecule is [CH]=CC1=C(C)C(=O)CCC1(C)C. The largest absolute Gasteiger partial charge is 0.295 e. The van der Waals surface area contributed by atoms with Crippen molar-refractivity contribution in [2.45, 2.75) is 33.6 Å². The van der Waals surface area contributed by atoms with Crippen LogP contribution in [0.2, 0.25) is 0 Å². The predicted molar refractivity (Wildman–Crippen MR) is 49.6 cm³/mol. The van der Waals surface area contributed by atoms with Gasteiger partial charge in [0.05, 0.1) is 0 Å². The first kappa shape index (κ1) is 9.24. The third-order valence-electron chi connectivity index (χ3n) is 2.70. The number of hydrogen-bond donors (Lipinski definition) is 0. The molecule has 1 rings (SSSR count). The summed E-state index contributed by atoms with van der Waals surface area (Å²) in [5.74, 6) is 0.242. The van der Waals surface area contributed by atoms with E-state index in [9.17, 15) is 4.79 Å². The number of rotatable bonds is 1. The molecule has 0 aromatic carbocycles. The zero-order chi connectivity index (χ0) is 9.35. The third kappa shape index (κ3) is 1.36. The summed E-state index contributed by atoms with van der Waals surface area (Å²) in [5.41, 5.74) is 1.93. The maximum atomic E-state index is 11.3. The second-order valence-electron chi connectivity index (χ2n) is 4.01. The van der Waals surface area contributed by atoms with Crippen molar-refractivity contribution in [2.24, 2.45) is 5.41 Å². The molecule has 1 heteroatoms. The molecule has 0 N–H and O–H groups in total. The Labute approximate surface area is 74.2 Å². The lowest BCUT2D eigenvalue weighted by Crippen LogP contribution is -2.24. The van der Waals surface area contributed by atoms with Gasteiger partial charge in [0, 0.05) is 6.42 Å². The van der Waals surface area contributed by atoms with Crippen molar-refractivity contribution in [2.75, 3.05) is 0 Å². The number of Topliss-reactive ketones (excluding diaryl/α,β-unsaturated/α-hetero) is 1. The molecule has 65 valence electrons. The van der Waals surface area contributed by atoms with Gasteiger partial charge in [0.1, 0.15) is 0 Å².